The molecule has 0 N–H and O–H groups in total. The molecule has 76 valence electrons. The number of thioether (sulfide) groups is 1. The number of rotatable bonds is 4. The summed E-state index contributed by atoms with van der Waals surface area (Å²) < 4.78 is 1.02. The summed E-state index contributed by atoms with van der Waals surface area (Å²) in [4.78, 5) is 12.8. The summed E-state index contributed by atoms with van der Waals surface area (Å²) >= 11 is 4.55. The first-order valence-corrected chi connectivity index (χ1v) is 6.90. The standard InChI is InChI=1S/C11H8OS3/c1-2-13-11-8(5-7-15-11)10(12)9-4-3-6-14-9/h2-7H,1H2. The van der Waals surface area contributed by atoms with Gasteiger partial charge in [-0.1, -0.05) is 24.4 Å². The molecule has 0 bridgehead atoms. The molecule has 1 nitrogen and oxygen atoms in total. The van der Waals surface area contributed by atoms with Crippen LogP contribution < -0.4 is 0 Å². The van der Waals surface area contributed by atoms with Crippen molar-refractivity contribution in [2.45, 2.75) is 4.21 Å². The van der Waals surface area contributed by atoms with E-state index in [1.165, 1.54) is 23.1 Å². The monoisotopic (exact) mass is 252 g/mol. The molecule has 4 heteroatoms. The van der Waals surface area contributed by atoms with Crippen LogP contribution in [0.5, 0.6) is 0 Å². The van der Waals surface area contributed by atoms with Gasteiger partial charge in [-0.3, -0.25) is 4.79 Å². The number of carbonyl (C=O) groups is 1. The van der Waals surface area contributed by atoms with Crippen molar-refractivity contribution in [3.05, 3.63) is 51.4 Å². The van der Waals surface area contributed by atoms with Crippen LogP contribution in [0, 0.1) is 0 Å². The van der Waals surface area contributed by atoms with Crippen molar-refractivity contribution in [2.24, 2.45) is 0 Å². The Morgan fingerprint density at radius 3 is 2.87 bits per heavy atom. The average Bonchev–Trinajstić information content (AvgIpc) is 2.87. The van der Waals surface area contributed by atoms with Gasteiger partial charge >= 0.3 is 0 Å². The maximum Gasteiger partial charge on any atom is 0.204 e. The largest absolute Gasteiger partial charge is 0.288 e. The van der Waals surface area contributed by atoms with Gasteiger partial charge in [0.2, 0.25) is 5.78 Å². The minimum atomic E-state index is 0.107. The highest BCUT2D eigenvalue weighted by molar-refractivity contribution is 8.03. The van der Waals surface area contributed by atoms with E-state index in [4.69, 9.17) is 0 Å². The molecule has 15 heavy (non-hydrogen) atoms. The molecule has 0 atom stereocenters. The molecule has 2 heterocycles. The number of ketones is 1. The van der Waals surface area contributed by atoms with Crippen LogP contribution in [-0.2, 0) is 0 Å². The Bertz CT molecular complexity index is 468. The third kappa shape index (κ3) is 2.22. The first kappa shape index (κ1) is 10.7. The van der Waals surface area contributed by atoms with Crippen molar-refractivity contribution in [2.75, 3.05) is 0 Å². The third-order valence-electron chi connectivity index (χ3n) is 1.81. The zero-order chi connectivity index (χ0) is 10.7. The molecular formula is C11H8OS3. The predicted octanol–water partition coefficient (Wildman–Crippen LogP) is 4.28. The van der Waals surface area contributed by atoms with E-state index in [0.717, 1.165) is 14.6 Å². The Hall–Kier alpha value is -0.840. The van der Waals surface area contributed by atoms with E-state index in [2.05, 4.69) is 6.58 Å². The van der Waals surface area contributed by atoms with Gasteiger partial charge in [0.15, 0.2) is 0 Å². The second kappa shape index (κ2) is 4.79. The lowest BCUT2D eigenvalue weighted by atomic mass is 10.2. The molecule has 0 radical (unpaired) electrons. The van der Waals surface area contributed by atoms with Crippen LogP contribution in [0.3, 0.4) is 0 Å². The Morgan fingerprint density at radius 2 is 2.20 bits per heavy atom. The highest BCUT2D eigenvalue weighted by Gasteiger charge is 2.15. The molecule has 0 amide bonds. The maximum absolute atomic E-state index is 12.0. The molecule has 0 unspecified atom stereocenters. The van der Waals surface area contributed by atoms with E-state index in [1.54, 1.807) is 16.7 Å². The predicted molar refractivity (Wildman–Crippen MR) is 68.1 cm³/mol. The van der Waals surface area contributed by atoms with Gasteiger partial charge in [-0.05, 0) is 28.3 Å². The fraction of sp³-hybridized carbons (Fsp3) is 0. The summed E-state index contributed by atoms with van der Waals surface area (Å²) in [5.41, 5.74) is 0.785. The van der Waals surface area contributed by atoms with Crippen LogP contribution in [0.25, 0.3) is 0 Å². The summed E-state index contributed by atoms with van der Waals surface area (Å²) in [6.07, 6.45) is 0. The van der Waals surface area contributed by atoms with Crippen molar-refractivity contribution in [1.82, 2.24) is 0 Å². The van der Waals surface area contributed by atoms with E-state index >= 15 is 0 Å². The molecule has 0 spiro atoms. The zero-order valence-electron chi connectivity index (χ0n) is 7.80. The van der Waals surface area contributed by atoms with E-state index in [0.29, 0.717) is 0 Å². The summed E-state index contributed by atoms with van der Waals surface area (Å²) in [5.74, 6) is 0.107. The van der Waals surface area contributed by atoms with Gasteiger partial charge in [-0.2, -0.15) is 0 Å². The molecular weight excluding hydrogens is 244 g/mol. The smallest absolute Gasteiger partial charge is 0.204 e. The average molecular weight is 252 g/mol. The van der Waals surface area contributed by atoms with Crippen LogP contribution in [0.1, 0.15) is 15.2 Å². The van der Waals surface area contributed by atoms with Crippen LogP contribution in [-0.4, -0.2) is 5.78 Å². The van der Waals surface area contributed by atoms with Crippen LogP contribution in [0.15, 0.2) is 45.2 Å². The van der Waals surface area contributed by atoms with Gasteiger partial charge in [0.25, 0.3) is 0 Å². The van der Waals surface area contributed by atoms with Gasteiger partial charge in [0.05, 0.1) is 9.09 Å². The molecule has 0 fully saturated rings. The lowest BCUT2D eigenvalue weighted by Crippen LogP contribution is -1.97. The highest BCUT2D eigenvalue weighted by Crippen LogP contribution is 2.31. The first-order chi connectivity index (χ1) is 7.33. The van der Waals surface area contributed by atoms with Gasteiger partial charge < -0.3 is 0 Å². The fourth-order valence-electron chi connectivity index (χ4n) is 1.17. The number of carbonyl (C=O) groups excluding carboxylic acids is 1. The van der Waals surface area contributed by atoms with Crippen LogP contribution >= 0.6 is 34.4 Å². The quantitative estimate of drug-likeness (QED) is 0.597. The van der Waals surface area contributed by atoms with Gasteiger partial charge in [0.1, 0.15) is 0 Å². The molecule has 2 rings (SSSR count). The van der Waals surface area contributed by atoms with Gasteiger partial charge in [-0.25, -0.2) is 0 Å². The number of hydrogen-bond acceptors (Lipinski definition) is 4. The summed E-state index contributed by atoms with van der Waals surface area (Å²) in [7, 11) is 0. The molecule has 2 aromatic rings. The zero-order valence-corrected chi connectivity index (χ0v) is 10.3. The Kier molecular flexibility index (Phi) is 3.41. The molecule has 2 aromatic heterocycles. The van der Waals surface area contributed by atoms with E-state index in [1.807, 2.05) is 29.0 Å². The van der Waals surface area contributed by atoms with Crippen LogP contribution in [0.4, 0.5) is 0 Å². The number of hydrogen-bond donors (Lipinski definition) is 0. The van der Waals surface area contributed by atoms with Crippen LogP contribution in [0.2, 0.25) is 0 Å². The highest BCUT2D eigenvalue weighted by atomic mass is 32.2. The number of thiophene rings is 2. The van der Waals surface area contributed by atoms with E-state index < -0.39 is 0 Å². The first-order valence-electron chi connectivity index (χ1n) is 4.26. The van der Waals surface area contributed by atoms with Gasteiger partial charge in [-0.15, -0.1) is 22.7 Å². The maximum atomic E-state index is 12.0. The van der Waals surface area contributed by atoms with Gasteiger partial charge in [0, 0.05) is 5.56 Å². The summed E-state index contributed by atoms with van der Waals surface area (Å²) in [6, 6.07) is 5.62. The molecule has 0 aliphatic heterocycles. The van der Waals surface area contributed by atoms with Crippen molar-refractivity contribution in [3.63, 3.8) is 0 Å². The topological polar surface area (TPSA) is 17.1 Å². The normalized spacial score (nSPS) is 10.1. The lowest BCUT2D eigenvalue weighted by molar-refractivity contribution is 0.104. The minimum absolute atomic E-state index is 0.107. The third-order valence-corrected chi connectivity index (χ3v) is 4.56. The molecule has 0 aliphatic rings. The summed E-state index contributed by atoms with van der Waals surface area (Å²) in [5, 5.41) is 5.60. The van der Waals surface area contributed by atoms with Crippen molar-refractivity contribution < 1.29 is 4.79 Å². The molecule has 0 aromatic carbocycles. The van der Waals surface area contributed by atoms with Crippen molar-refractivity contribution in [1.29, 1.82) is 0 Å². The van der Waals surface area contributed by atoms with E-state index in [9.17, 15) is 4.79 Å². The second-order valence-electron chi connectivity index (χ2n) is 2.71. The van der Waals surface area contributed by atoms with Crippen molar-refractivity contribution in [3.8, 4) is 0 Å². The minimum Gasteiger partial charge on any atom is -0.288 e. The summed E-state index contributed by atoms with van der Waals surface area (Å²) in [6.45, 7) is 3.66. The Balaban J connectivity index is 2.33. The van der Waals surface area contributed by atoms with Crippen molar-refractivity contribution >= 4 is 40.2 Å². The lowest BCUT2D eigenvalue weighted by Gasteiger charge is -1.97. The second-order valence-corrected chi connectivity index (χ2v) is 5.81. The molecule has 0 saturated heterocycles. The molecule has 0 saturated carbocycles. The molecule has 0 aliphatic carbocycles. The fourth-order valence-corrected chi connectivity index (χ4v) is 3.50. The Labute approximate surface area is 100 Å². The Morgan fingerprint density at radius 1 is 1.33 bits per heavy atom. The van der Waals surface area contributed by atoms with E-state index in [-0.39, 0.29) is 5.78 Å². The SMILES string of the molecule is C=CSc1sccc1C(=O)c1cccs1.